The van der Waals surface area contributed by atoms with Crippen molar-refractivity contribution in [2.45, 2.75) is 47.0 Å². The van der Waals surface area contributed by atoms with Crippen LogP contribution in [0.3, 0.4) is 0 Å². The van der Waals surface area contributed by atoms with Crippen molar-refractivity contribution in [3.63, 3.8) is 0 Å². The minimum atomic E-state index is 1.12. The van der Waals surface area contributed by atoms with Crippen LogP contribution in [0.5, 0.6) is 0 Å². The molecule has 0 saturated heterocycles. The van der Waals surface area contributed by atoms with Crippen LogP contribution in [-0.2, 0) is 6.42 Å². The molecule has 0 aliphatic rings. The number of aromatic nitrogens is 1. The summed E-state index contributed by atoms with van der Waals surface area (Å²) >= 11 is 0. The van der Waals surface area contributed by atoms with Gasteiger partial charge in [0, 0.05) is 11.4 Å². The zero-order valence-corrected chi connectivity index (χ0v) is 9.15. The monoisotopic (exact) mass is 177 g/mol. The van der Waals surface area contributed by atoms with Crippen molar-refractivity contribution in [2.24, 2.45) is 0 Å². The minimum absolute atomic E-state index is 1.12. The van der Waals surface area contributed by atoms with Crippen LogP contribution in [0, 0.1) is 20.8 Å². The summed E-state index contributed by atoms with van der Waals surface area (Å²) in [6.07, 6.45) is 3.61. The Balaban J connectivity index is 2.86. The number of aryl methyl sites for hydroxylation is 3. The van der Waals surface area contributed by atoms with Gasteiger partial charge in [0.05, 0.1) is 0 Å². The summed E-state index contributed by atoms with van der Waals surface area (Å²) in [7, 11) is 0. The van der Waals surface area contributed by atoms with E-state index in [4.69, 9.17) is 0 Å². The van der Waals surface area contributed by atoms with Gasteiger partial charge in [-0.1, -0.05) is 13.3 Å². The van der Waals surface area contributed by atoms with E-state index in [0.29, 0.717) is 0 Å². The number of hydrogen-bond acceptors (Lipinski definition) is 1. The molecule has 1 nitrogen and oxygen atoms in total. The molecule has 1 rings (SSSR count). The van der Waals surface area contributed by atoms with Gasteiger partial charge in [-0.25, -0.2) is 0 Å². The number of pyridine rings is 1. The van der Waals surface area contributed by atoms with E-state index in [1.54, 1.807) is 0 Å². The summed E-state index contributed by atoms with van der Waals surface area (Å²) in [6.45, 7) is 8.62. The molecule has 0 N–H and O–H groups in total. The fourth-order valence-electron chi connectivity index (χ4n) is 1.46. The normalized spacial score (nSPS) is 10.5. The Bertz CT molecular complexity index is 266. The summed E-state index contributed by atoms with van der Waals surface area (Å²) in [5.41, 5.74) is 5.15. The highest BCUT2D eigenvalue weighted by Crippen LogP contribution is 2.13. The van der Waals surface area contributed by atoms with Crippen LogP contribution in [0.2, 0.25) is 0 Å². The second kappa shape index (κ2) is 4.40. The van der Waals surface area contributed by atoms with Gasteiger partial charge in [-0.2, -0.15) is 0 Å². The topological polar surface area (TPSA) is 12.9 Å². The Morgan fingerprint density at radius 3 is 2.46 bits per heavy atom. The van der Waals surface area contributed by atoms with E-state index in [0.717, 1.165) is 6.42 Å². The summed E-state index contributed by atoms with van der Waals surface area (Å²) in [5, 5.41) is 0. The van der Waals surface area contributed by atoms with E-state index in [1.165, 1.54) is 35.4 Å². The molecular weight excluding hydrogens is 158 g/mol. The Morgan fingerprint density at radius 1 is 1.23 bits per heavy atom. The van der Waals surface area contributed by atoms with Gasteiger partial charge in [-0.15, -0.1) is 0 Å². The third-order valence-corrected chi connectivity index (χ3v) is 2.62. The summed E-state index contributed by atoms with van der Waals surface area (Å²) in [6, 6.07) is 2.22. The van der Waals surface area contributed by atoms with Crippen molar-refractivity contribution in [1.82, 2.24) is 4.98 Å². The molecule has 0 spiro atoms. The predicted molar refractivity (Wildman–Crippen MR) is 57.1 cm³/mol. The van der Waals surface area contributed by atoms with Gasteiger partial charge in [0.2, 0.25) is 0 Å². The molecule has 0 unspecified atom stereocenters. The van der Waals surface area contributed by atoms with Gasteiger partial charge < -0.3 is 0 Å². The fraction of sp³-hybridized carbons (Fsp3) is 0.583. The quantitative estimate of drug-likeness (QED) is 0.690. The first kappa shape index (κ1) is 10.2. The van der Waals surface area contributed by atoms with Crippen LogP contribution in [0.15, 0.2) is 6.07 Å². The summed E-state index contributed by atoms with van der Waals surface area (Å²) < 4.78 is 0. The molecule has 0 aromatic carbocycles. The van der Waals surface area contributed by atoms with E-state index in [2.05, 4.69) is 38.7 Å². The third kappa shape index (κ3) is 2.55. The summed E-state index contributed by atoms with van der Waals surface area (Å²) in [5.74, 6) is 0. The predicted octanol–water partition coefficient (Wildman–Crippen LogP) is 3.35. The molecule has 1 heteroatoms. The molecule has 13 heavy (non-hydrogen) atoms. The zero-order valence-electron chi connectivity index (χ0n) is 9.15. The van der Waals surface area contributed by atoms with Crippen LogP contribution >= 0.6 is 0 Å². The summed E-state index contributed by atoms with van der Waals surface area (Å²) in [4.78, 5) is 4.57. The highest BCUT2D eigenvalue weighted by molar-refractivity contribution is 5.29. The SMILES string of the molecule is CCCCc1cc(C)c(C)c(C)n1. The molecule has 0 fully saturated rings. The lowest BCUT2D eigenvalue weighted by atomic mass is 10.1. The van der Waals surface area contributed by atoms with E-state index in [-0.39, 0.29) is 0 Å². The molecule has 1 heterocycles. The van der Waals surface area contributed by atoms with E-state index in [9.17, 15) is 0 Å². The Labute approximate surface area is 81.2 Å². The third-order valence-electron chi connectivity index (χ3n) is 2.62. The van der Waals surface area contributed by atoms with Gasteiger partial charge in [0.25, 0.3) is 0 Å². The van der Waals surface area contributed by atoms with E-state index >= 15 is 0 Å². The van der Waals surface area contributed by atoms with Crippen molar-refractivity contribution < 1.29 is 0 Å². The maximum atomic E-state index is 4.57. The standard InChI is InChI=1S/C12H19N/c1-5-6-7-12-8-9(2)10(3)11(4)13-12/h8H,5-7H2,1-4H3. The highest BCUT2D eigenvalue weighted by Gasteiger charge is 2.01. The van der Waals surface area contributed by atoms with Gasteiger partial charge >= 0.3 is 0 Å². The molecule has 1 aromatic heterocycles. The molecule has 0 radical (unpaired) electrons. The molecule has 0 saturated carbocycles. The van der Waals surface area contributed by atoms with E-state index < -0.39 is 0 Å². The van der Waals surface area contributed by atoms with Crippen molar-refractivity contribution in [1.29, 1.82) is 0 Å². The molecule has 0 aliphatic heterocycles. The first-order chi connectivity index (χ1) is 6.15. The van der Waals surface area contributed by atoms with Crippen LogP contribution in [0.25, 0.3) is 0 Å². The smallest absolute Gasteiger partial charge is 0.0409 e. The first-order valence-corrected chi connectivity index (χ1v) is 5.09. The van der Waals surface area contributed by atoms with Crippen molar-refractivity contribution in [2.75, 3.05) is 0 Å². The molecule has 0 bridgehead atoms. The minimum Gasteiger partial charge on any atom is -0.258 e. The van der Waals surface area contributed by atoms with Crippen molar-refractivity contribution >= 4 is 0 Å². The van der Waals surface area contributed by atoms with E-state index in [1.807, 2.05) is 0 Å². The molecule has 72 valence electrons. The molecule has 0 aliphatic carbocycles. The number of unbranched alkanes of at least 4 members (excludes halogenated alkanes) is 1. The Morgan fingerprint density at radius 2 is 1.92 bits per heavy atom. The average molecular weight is 177 g/mol. The average Bonchev–Trinajstić information content (AvgIpc) is 2.10. The van der Waals surface area contributed by atoms with Crippen LogP contribution < -0.4 is 0 Å². The number of rotatable bonds is 3. The van der Waals surface area contributed by atoms with Crippen molar-refractivity contribution in [3.8, 4) is 0 Å². The first-order valence-electron chi connectivity index (χ1n) is 5.09. The van der Waals surface area contributed by atoms with Gasteiger partial charge in [-0.3, -0.25) is 4.98 Å². The van der Waals surface area contributed by atoms with Crippen LogP contribution in [0.4, 0.5) is 0 Å². The highest BCUT2D eigenvalue weighted by atomic mass is 14.7. The molecule has 0 amide bonds. The van der Waals surface area contributed by atoms with Gasteiger partial charge in [0.1, 0.15) is 0 Å². The fourth-order valence-corrected chi connectivity index (χ4v) is 1.46. The van der Waals surface area contributed by atoms with Gasteiger partial charge in [-0.05, 0) is 50.8 Å². The Kier molecular flexibility index (Phi) is 3.47. The number of nitrogens with zero attached hydrogens (tertiary/aromatic N) is 1. The van der Waals surface area contributed by atoms with Crippen LogP contribution in [-0.4, -0.2) is 4.98 Å². The molecular formula is C12H19N. The Hall–Kier alpha value is -0.850. The zero-order chi connectivity index (χ0) is 9.84. The lowest BCUT2D eigenvalue weighted by Gasteiger charge is -2.07. The molecule has 1 aromatic rings. The second-order valence-corrected chi connectivity index (χ2v) is 3.74. The van der Waals surface area contributed by atoms with Crippen molar-refractivity contribution in [3.05, 3.63) is 28.6 Å². The number of hydrogen-bond donors (Lipinski definition) is 0. The van der Waals surface area contributed by atoms with Crippen LogP contribution in [0.1, 0.15) is 42.3 Å². The maximum absolute atomic E-state index is 4.57. The second-order valence-electron chi connectivity index (χ2n) is 3.74. The largest absolute Gasteiger partial charge is 0.258 e. The lowest BCUT2D eigenvalue weighted by Crippen LogP contribution is -1.97. The molecule has 0 atom stereocenters. The lowest BCUT2D eigenvalue weighted by molar-refractivity contribution is 0.771. The maximum Gasteiger partial charge on any atom is 0.0409 e. The van der Waals surface area contributed by atoms with Gasteiger partial charge in [0.15, 0.2) is 0 Å².